The van der Waals surface area contributed by atoms with Crippen LogP contribution in [0, 0.1) is 0 Å². The first-order chi connectivity index (χ1) is 11.1. The molecule has 1 aliphatic carbocycles. The Bertz CT molecular complexity index is 659. The van der Waals surface area contributed by atoms with E-state index in [2.05, 4.69) is 0 Å². The molecule has 1 aromatic carbocycles. The molecule has 0 spiro atoms. The molecule has 23 heavy (non-hydrogen) atoms. The van der Waals surface area contributed by atoms with Gasteiger partial charge in [-0.1, -0.05) is 0 Å². The molecule has 0 amide bonds. The van der Waals surface area contributed by atoms with Crippen LogP contribution in [0.25, 0.3) is 0 Å². The van der Waals surface area contributed by atoms with Crippen molar-refractivity contribution in [2.24, 2.45) is 0 Å². The number of aryl methyl sites for hydroxylation is 1. The molecule has 0 heterocycles. The third kappa shape index (κ3) is 3.16. The van der Waals surface area contributed by atoms with Gasteiger partial charge in [-0.15, -0.1) is 0 Å². The Balaban J connectivity index is 2.49. The summed E-state index contributed by atoms with van der Waals surface area (Å²) in [5.41, 5.74) is 1.67. The molecule has 6 heteroatoms. The van der Waals surface area contributed by atoms with Crippen molar-refractivity contribution >= 4 is 11.8 Å². The number of allylic oxidation sites excluding steroid dienone is 1. The zero-order chi connectivity index (χ0) is 17.0. The summed E-state index contributed by atoms with van der Waals surface area (Å²) in [6.45, 7) is 1.92. The second kappa shape index (κ2) is 7.17. The summed E-state index contributed by atoms with van der Waals surface area (Å²) in [5.74, 6) is 0.136. The average Bonchev–Trinajstić information content (AvgIpc) is 2.56. The van der Waals surface area contributed by atoms with Crippen LogP contribution < -0.4 is 9.47 Å². The summed E-state index contributed by atoms with van der Waals surface area (Å²) in [4.78, 5) is 24.7. The fourth-order valence-corrected chi connectivity index (χ4v) is 2.62. The van der Waals surface area contributed by atoms with Gasteiger partial charge in [-0.05, 0) is 37.5 Å². The van der Waals surface area contributed by atoms with Crippen LogP contribution in [0.4, 0.5) is 0 Å². The topological polar surface area (TPSA) is 71.1 Å². The molecule has 0 radical (unpaired) electrons. The Morgan fingerprint density at radius 1 is 1.09 bits per heavy atom. The van der Waals surface area contributed by atoms with Crippen molar-refractivity contribution in [1.82, 2.24) is 0 Å². The fraction of sp³-hybridized carbons (Fsp3) is 0.412. The maximum Gasteiger partial charge on any atom is 0.374 e. The second-order valence-electron chi connectivity index (χ2n) is 4.93. The van der Waals surface area contributed by atoms with Gasteiger partial charge in [-0.2, -0.15) is 0 Å². The highest BCUT2D eigenvalue weighted by Crippen LogP contribution is 2.36. The van der Waals surface area contributed by atoms with E-state index in [1.165, 1.54) is 14.2 Å². The standard InChI is InChI=1S/C17H20O6/c1-5-23-17(19)16(22-4)11-7-6-10-8-13(20-2)14(21-3)9-12(10)15(11)18/h8-9H,5-7H2,1-4H3/b16-11-. The van der Waals surface area contributed by atoms with E-state index in [1.54, 1.807) is 26.2 Å². The summed E-state index contributed by atoms with van der Waals surface area (Å²) >= 11 is 0. The SMILES string of the molecule is CCOC(=O)/C(OC)=C1\CCc2cc(OC)c(OC)cc2C1=O. The number of ketones is 1. The van der Waals surface area contributed by atoms with E-state index >= 15 is 0 Å². The summed E-state index contributed by atoms with van der Waals surface area (Å²) < 4.78 is 20.6. The van der Waals surface area contributed by atoms with Crippen molar-refractivity contribution < 1.29 is 28.5 Å². The lowest BCUT2D eigenvalue weighted by molar-refractivity contribution is -0.142. The van der Waals surface area contributed by atoms with Crippen LogP contribution in [-0.2, 0) is 20.7 Å². The van der Waals surface area contributed by atoms with Crippen LogP contribution in [0.3, 0.4) is 0 Å². The molecule has 0 saturated heterocycles. The zero-order valence-electron chi connectivity index (χ0n) is 13.7. The van der Waals surface area contributed by atoms with Crippen molar-refractivity contribution in [2.75, 3.05) is 27.9 Å². The van der Waals surface area contributed by atoms with Gasteiger partial charge in [-0.25, -0.2) is 4.79 Å². The second-order valence-corrected chi connectivity index (χ2v) is 4.93. The summed E-state index contributed by atoms with van der Waals surface area (Å²) in [6.07, 6.45) is 1.01. The third-order valence-electron chi connectivity index (χ3n) is 3.71. The number of rotatable bonds is 5. The third-order valence-corrected chi connectivity index (χ3v) is 3.71. The summed E-state index contributed by atoms with van der Waals surface area (Å²) in [7, 11) is 4.41. The van der Waals surface area contributed by atoms with Gasteiger partial charge in [0.15, 0.2) is 17.3 Å². The number of Topliss-reactive ketones (excluding diaryl/α,β-unsaturated/α-hetero) is 1. The van der Waals surface area contributed by atoms with Crippen molar-refractivity contribution in [3.05, 3.63) is 34.6 Å². The number of esters is 1. The monoisotopic (exact) mass is 320 g/mol. The molecule has 0 N–H and O–H groups in total. The number of carbonyl (C=O) groups is 2. The number of hydrogen-bond donors (Lipinski definition) is 0. The van der Waals surface area contributed by atoms with Gasteiger partial charge in [0.1, 0.15) is 0 Å². The van der Waals surface area contributed by atoms with Crippen LogP contribution in [0.2, 0.25) is 0 Å². The van der Waals surface area contributed by atoms with Crippen LogP contribution in [0.5, 0.6) is 11.5 Å². The van der Waals surface area contributed by atoms with E-state index in [4.69, 9.17) is 18.9 Å². The van der Waals surface area contributed by atoms with Gasteiger partial charge in [-0.3, -0.25) is 4.79 Å². The molecule has 0 bridgehead atoms. The molecule has 0 fully saturated rings. The molecule has 0 aromatic heterocycles. The highest BCUT2D eigenvalue weighted by molar-refractivity contribution is 6.14. The maximum absolute atomic E-state index is 12.8. The van der Waals surface area contributed by atoms with Crippen molar-refractivity contribution in [1.29, 1.82) is 0 Å². The lowest BCUT2D eigenvalue weighted by atomic mass is 9.85. The molecule has 2 rings (SSSR count). The van der Waals surface area contributed by atoms with Gasteiger partial charge >= 0.3 is 5.97 Å². The number of methoxy groups -OCH3 is 3. The molecular formula is C17H20O6. The Labute approximate surface area is 135 Å². The lowest BCUT2D eigenvalue weighted by Crippen LogP contribution is -2.21. The van der Waals surface area contributed by atoms with Gasteiger partial charge in [0.25, 0.3) is 0 Å². The summed E-state index contributed by atoms with van der Waals surface area (Å²) in [5, 5.41) is 0. The van der Waals surface area contributed by atoms with E-state index < -0.39 is 5.97 Å². The number of hydrogen-bond acceptors (Lipinski definition) is 6. The van der Waals surface area contributed by atoms with Crippen LogP contribution in [0.15, 0.2) is 23.5 Å². The van der Waals surface area contributed by atoms with Crippen LogP contribution in [-0.4, -0.2) is 39.7 Å². The number of ether oxygens (including phenoxy) is 4. The minimum atomic E-state index is -0.623. The van der Waals surface area contributed by atoms with Gasteiger partial charge in [0.05, 0.1) is 33.5 Å². The fourth-order valence-electron chi connectivity index (χ4n) is 2.62. The Morgan fingerprint density at radius 3 is 2.30 bits per heavy atom. The maximum atomic E-state index is 12.8. The molecule has 0 aliphatic heterocycles. The zero-order valence-corrected chi connectivity index (χ0v) is 13.7. The van der Waals surface area contributed by atoms with Crippen LogP contribution >= 0.6 is 0 Å². The first-order valence-corrected chi connectivity index (χ1v) is 7.31. The van der Waals surface area contributed by atoms with E-state index in [0.717, 1.165) is 5.56 Å². The Hall–Kier alpha value is -2.50. The number of carbonyl (C=O) groups excluding carboxylic acids is 2. The molecule has 6 nitrogen and oxygen atoms in total. The highest BCUT2D eigenvalue weighted by Gasteiger charge is 2.30. The molecule has 124 valence electrons. The van der Waals surface area contributed by atoms with Crippen molar-refractivity contribution in [2.45, 2.75) is 19.8 Å². The van der Waals surface area contributed by atoms with Crippen LogP contribution in [0.1, 0.15) is 29.3 Å². The molecule has 0 saturated carbocycles. The van der Waals surface area contributed by atoms with Crippen molar-refractivity contribution in [3.63, 3.8) is 0 Å². The summed E-state index contributed by atoms with van der Waals surface area (Å²) in [6, 6.07) is 3.42. The van der Waals surface area contributed by atoms with Crippen molar-refractivity contribution in [3.8, 4) is 11.5 Å². The quantitative estimate of drug-likeness (QED) is 0.471. The molecular weight excluding hydrogens is 300 g/mol. The first-order valence-electron chi connectivity index (χ1n) is 7.31. The largest absolute Gasteiger partial charge is 0.493 e. The minimum absolute atomic E-state index is 0.0303. The molecule has 1 aliphatic rings. The molecule has 0 atom stereocenters. The molecule has 0 unspecified atom stereocenters. The highest BCUT2D eigenvalue weighted by atomic mass is 16.6. The van der Waals surface area contributed by atoms with E-state index in [0.29, 0.717) is 35.5 Å². The Morgan fingerprint density at radius 2 is 1.74 bits per heavy atom. The normalized spacial score (nSPS) is 15.6. The van der Waals surface area contributed by atoms with Gasteiger partial charge in [0, 0.05) is 5.56 Å². The van der Waals surface area contributed by atoms with E-state index in [1.807, 2.05) is 0 Å². The first kappa shape index (κ1) is 16.9. The number of fused-ring (bicyclic) bond motifs is 1. The van der Waals surface area contributed by atoms with Gasteiger partial charge < -0.3 is 18.9 Å². The average molecular weight is 320 g/mol. The molecule has 1 aromatic rings. The predicted molar refractivity (Wildman–Crippen MR) is 82.9 cm³/mol. The van der Waals surface area contributed by atoms with Gasteiger partial charge in [0.2, 0.25) is 5.76 Å². The predicted octanol–water partition coefficient (Wildman–Crippen LogP) is 2.30. The number of benzene rings is 1. The minimum Gasteiger partial charge on any atom is -0.493 e. The lowest BCUT2D eigenvalue weighted by Gasteiger charge is -2.21. The smallest absolute Gasteiger partial charge is 0.374 e. The Kier molecular flexibility index (Phi) is 5.26. The van der Waals surface area contributed by atoms with E-state index in [9.17, 15) is 9.59 Å². The van der Waals surface area contributed by atoms with E-state index in [-0.39, 0.29) is 18.1 Å².